The van der Waals surface area contributed by atoms with Gasteiger partial charge in [0.05, 0.1) is 18.7 Å². The predicted octanol–water partition coefficient (Wildman–Crippen LogP) is 3.48. The van der Waals surface area contributed by atoms with Crippen molar-refractivity contribution in [3.8, 4) is 5.75 Å². The first kappa shape index (κ1) is 20.2. The Balaban J connectivity index is 1.22. The fourth-order valence-electron chi connectivity index (χ4n) is 4.54. The first-order valence-electron chi connectivity index (χ1n) is 11.3. The van der Waals surface area contributed by atoms with Crippen LogP contribution in [-0.2, 0) is 24.0 Å². The minimum atomic E-state index is 0.335. The van der Waals surface area contributed by atoms with Crippen molar-refractivity contribution in [1.82, 2.24) is 14.9 Å². The molecular formula is C25H30N4O2. The lowest BCUT2D eigenvalue weighted by atomic mass is 10.1. The number of nitrogens with one attached hydrogen (secondary N) is 1. The number of morpholine rings is 1. The lowest BCUT2D eigenvalue weighted by Gasteiger charge is -2.26. The number of anilines is 1. The molecule has 162 valence electrons. The van der Waals surface area contributed by atoms with E-state index in [9.17, 15) is 0 Å². The van der Waals surface area contributed by atoms with Gasteiger partial charge in [-0.25, -0.2) is 9.97 Å². The van der Waals surface area contributed by atoms with Gasteiger partial charge in [-0.2, -0.15) is 0 Å². The van der Waals surface area contributed by atoms with E-state index in [1.807, 2.05) is 0 Å². The van der Waals surface area contributed by atoms with Gasteiger partial charge in [-0.15, -0.1) is 0 Å². The average Bonchev–Trinajstić information content (AvgIpc) is 3.21. The zero-order valence-corrected chi connectivity index (χ0v) is 18.1. The minimum Gasteiger partial charge on any atom is -0.492 e. The molecule has 1 saturated heterocycles. The Hall–Kier alpha value is -2.70. The maximum atomic E-state index is 6.05. The van der Waals surface area contributed by atoms with Gasteiger partial charge in [0.25, 0.3) is 0 Å². The maximum absolute atomic E-state index is 6.05. The van der Waals surface area contributed by atoms with Crippen molar-refractivity contribution >= 4 is 16.7 Å². The Morgan fingerprint density at radius 3 is 2.81 bits per heavy atom. The van der Waals surface area contributed by atoms with Gasteiger partial charge < -0.3 is 14.8 Å². The third-order valence-corrected chi connectivity index (χ3v) is 6.34. The summed E-state index contributed by atoms with van der Waals surface area (Å²) in [7, 11) is 0. The summed E-state index contributed by atoms with van der Waals surface area (Å²) in [6.45, 7) is 7.49. The smallest absolute Gasteiger partial charge is 0.137 e. The van der Waals surface area contributed by atoms with Crippen LogP contribution in [0.1, 0.15) is 23.6 Å². The van der Waals surface area contributed by atoms with Gasteiger partial charge in [0.2, 0.25) is 0 Å². The average molecular weight is 419 g/mol. The molecule has 3 aromatic rings. The largest absolute Gasteiger partial charge is 0.492 e. The summed E-state index contributed by atoms with van der Waals surface area (Å²) in [5.41, 5.74) is 5.06. The van der Waals surface area contributed by atoms with Gasteiger partial charge in [-0.3, -0.25) is 4.90 Å². The van der Waals surface area contributed by atoms with Crippen molar-refractivity contribution in [3.63, 3.8) is 0 Å². The normalized spacial score (nSPS) is 18.8. The van der Waals surface area contributed by atoms with E-state index in [1.165, 1.54) is 16.7 Å². The third-order valence-electron chi connectivity index (χ3n) is 6.34. The van der Waals surface area contributed by atoms with Crippen LogP contribution in [-0.4, -0.2) is 60.4 Å². The van der Waals surface area contributed by atoms with Crippen molar-refractivity contribution in [2.45, 2.75) is 32.2 Å². The number of ether oxygens (including phenoxy) is 2. The molecule has 1 aromatic heterocycles. The van der Waals surface area contributed by atoms with E-state index in [0.29, 0.717) is 12.6 Å². The van der Waals surface area contributed by atoms with Crippen molar-refractivity contribution in [1.29, 1.82) is 0 Å². The zero-order valence-electron chi connectivity index (χ0n) is 18.1. The molecule has 1 aliphatic carbocycles. The van der Waals surface area contributed by atoms with Crippen LogP contribution in [0, 0.1) is 0 Å². The van der Waals surface area contributed by atoms with Crippen LogP contribution in [0.25, 0.3) is 10.9 Å². The monoisotopic (exact) mass is 418 g/mol. The summed E-state index contributed by atoms with van der Waals surface area (Å²) in [5, 5.41) is 4.78. The maximum Gasteiger partial charge on any atom is 0.137 e. The summed E-state index contributed by atoms with van der Waals surface area (Å²) >= 11 is 0. The molecule has 0 radical (unpaired) electrons. The summed E-state index contributed by atoms with van der Waals surface area (Å²) in [6.07, 6.45) is 4.64. The van der Waals surface area contributed by atoms with Crippen LogP contribution in [0.5, 0.6) is 5.75 Å². The molecule has 2 aliphatic rings. The molecule has 5 rings (SSSR count). The number of benzene rings is 2. The lowest BCUT2D eigenvalue weighted by molar-refractivity contribution is 0.0322. The Labute approximate surface area is 183 Å². The van der Waals surface area contributed by atoms with E-state index in [2.05, 4.69) is 63.5 Å². The lowest BCUT2D eigenvalue weighted by Crippen LogP contribution is -2.38. The van der Waals surface area contributed by atoms with E-state index >= 15 is 0 Å². The summed E-state index contributed by atoms with van der Waals surface area (Å²) in [6, 6.07) is 13.3. The van der Waals surface area contributed by atoms with Crippen molar-refractivity contribution in [2.24, 2.45) is 0 Å². The second kappa shape index (κ2) is 9.20. The molecule has 0 amide bonds. The topological polar surface area (TPSA) is 59.5 Å². The Morgan fingerprint density at radius 1 is 1.06 bits per heavy atom. The number of rotatable bonds is 7. The van der Waals surface area contributed by atoms with Gasteiger partial charge in [-0.05, 0) is 60.2 Å². The quantitative estimate of drug-likeness (QED) is 0.634. The van der Waals surface area contributed by atoms with Crippen LogP contribution >= 0.6 is 0 Å². The van der Waals surface area contributed by atoms with Gasteiger partial charge >= 0.3 is 0 Å². The number of hydrogen-bond acceptors (Lipinski definition) is 6. The molecule has 0 saturated carbocycles. The fourth-order valence-corrected chi connectivity index (χ4v) is 4.54. The summed E-state index contributed by atoms with van der Waals surface area (Å²) in [4.78, 5) is 11.4. The summed E-state index contributed by atoms with van der Waals surface area (Å²) in [5.74, 6) is 1.90. The Morgan fingerprint density at radius 2 is 1.94 bits per heavy atom. The van der Waals surface area contributed by atoms with Crippen LogP contribution in [0.3, 0.4) is 0 Å². The van der Waals surface area contributed by atoms with Gasteiger partial charge in [0, 0.05) is 31.1 Å². The number of aromatic nitrogens is 2. The SMILES string of the molecule is CCc1ccc2ncnc(NC3Cc4ccc(OCCN5CCOCC5)cc4C3)c2c1. The van der Waals surface area contributed by atoms with E-state index in [4.69, 9.17) is 9.47 Å². The first-order chi connectivity index (χ1) is 15.3. The van der Waals surface area contributed by atoms with Gasteiger partial charge in [0.1, 0.15) is 24.5 Å². The molecular weight excluding hydrogens is 388 g/mol. The van der Waals surface area contributed by atoms with E-state index in [-0.39, 0.29) is 0 Å². The van der Waals surface area contributed by atoms with Crippen molar-refractivity contribution in [3.05, 3.63) is 59.4 Å². The number of nitrogens with zero attached hydrogens (tertiary/aromatic N) is 3. The molecule has 1 atom stereocenters. The van der Waals surface area contributed by atoms with E-state index < -0.39 is 0 Å². The third kappa shape index (κ3) is 4.65. The molecule has 6 nitrogen and oxygen atoms in total. The highest BCUT2D eigenvalue weighted by molar-refractivity contribution is 5.89. The Kier molecular flexibility index (Phi) is 6.00. The molecule has 0 spiro atoms. The first-order valence-corrected chi connectivity index (χ1v) is 11.3. The van der Waals surface area contributed by atoms with Gasteiger partial charge in [-0.1, -0.05) is 19.1 Å². The van der Waals surface area contributed by atoms with Gasteiger partial charge in [0.15, 0.2) is 0 Å². The molecule has 1 N–H and O–H groups in total. The second-order valence-corrected chi connectivity index (χ2v) is 8.41. The van der Waals surface area contributed by atoms with E-state index in [1.54, 1.807) is 6.33 Å². The molecule has 31 heavy (non-hydrogen) atoms. The molecule has 2 heterocycles. The standard InChI is InChI=1S/C25H30N4O2/c1-2-18-3-6-24-23(13-18)25(27-17-26-24)28-21-14-19-4-5-22(16-20(19)15-21)31-12-9-29-7-10-30-11-8-29/h3-6,13,16-17,21H,2,7-12,14-15H2,1H3,(H,26,27,28). The summed E-state index contributed by atoms with van der Waals surface area (Å²) < 4.78 is 11.5. The molecule has 0 bridgehead atoms. The molecule has 1 fully saturated rings. The number of aryl methyl sites for hydroxylation is 1. The van der Waals surface area contributed by atoms with Crippen LogP contribution < -0.4 is 10.1 Å². The number of hydrogen-bond donors (Lipinski definition) is 1. The van der Waals surface area contributed by atoms with Crippen molar-refractivity contribution < 1.29 is 9.47 Å². The molecule has 1 aliphatic heterocycles. The molecule has 6 heteroatoms. The Bertz CT molecular complexity index is 1050. The minimum absolute atomic E-state index is 0.335. The molecule has 2 aromatic carbocycles. The predicted molar refractivity (Wildman–Crippen MR) is 123 cm³/mol. The second-order valence-electron chi connectivity index (χ2n) is 8.41. The molecule has 1 unspecified atom stereocenters. The zero-order chi connectivity index (χ0) is 21.0. The fraction of sp³-hybridized carbons (Fsp3) is 0.440. The van der Waals surface area contributed by atoms with Crippen LogP contribution in [0.2, 0.25) is 0 Å². The number of fused-ring (bicyclic) bond motifs is 2. The van der Waals surface area contributed by atoms with E-state index in [0.717, 1.165) is 74.6 Å². The van der Waals surface area contributed by atoms with Crippen LogP contribution in [0.4, 0.5) is 5.82 Å². The highest BCUT2D eigenvalue weighted by atomic mass is 16.5. The highest BCUT2D eigenvalue weighted by Gasteiger charge is 2.23. The van der Waals surface area contributed by atoms with Crippen molar-refractivity contribution in [2.75, 3.05) is 44.8 Å². The highest BCUT2D eigenvalue weighted by Crippen LogP contribution is 2.29. The van der Waals surface area contributed by atoms with Crippen LogP contribution in [0.15, 0.2) is 42.7 Å².